The van der Waals surface area contributed by atoms with Crippen LogP contribution in [0.1, 0.15) is 25.6 Å². The first-order valence-corrected chi connectivity index (χ1v) is 6.11. The summed E-state index contributed by atoms with van der Waals surface area (Å²) in [5, 5.41) is 0. The molecule has 1 aromatic heterocycles. The van der Waals surface area contributed by atoms with Gasteiger partial charge < -0.3 is 10.5 Å². The highest BCUT2D eigenvalue weighted by molar-refractivity contribution is 5.05. The molecule has 0 aliphatic rings. The summed E-state index contributed by atoms with van der Waals surface area (Å²) in [7, 11) is 0. The zero-order valence-electron chi connectivity index (χ0n) is 10.7. The van der Waals surface area contributed by atoms with Gasteiger partial charge in [0.1, 0.15) is 6.33 Å². The molecule has 96 valence electrons. The quantitative estimate of drug-likeness (QED) is 0.680. The zero-order chi connectivity index (χ0) is 12.5. The molecular weight excluding hydrogens is 216 g/mol. The fourth-order valence-electron chi connectivity index (χ4n) is 1.82. The van der Waals surface area contributed by atoms with Crippen LogP contribution in [0.3, 0.4) is 0 Å². The van der Waals surface area contributed by atoms with Crippen LogP contribution in [0.5, 0.6) is 0 Å². The van der Waals surface area contributed by atoms with E-state index in [0.717, 1.165) is 32.0 Å². The Morgan fingerprint density at radius 2 is 2.29 bits per heavy atom. The molecule has 0 fully saturated rings. The minimum Gasteiger partial charge on any atom is -0.380 e. The maximum Gasteiger partial charge on any atom is 0.115 e. The van der Waals surface area contributed by atoms with Gasteiger partial charge in [-0.1, -0.05) is 6.92 Å². The SMILES string of the molecule is CCOCCN(CC)C(CN)c1ccncn1. The molecule has 1 atom stereocenters. The van der Waals surface area contributed by atoms with E-state index in [4.69, 9.17) is 10.5 Å². The monoisotopic (exact) mass is 238 g/mol. The van der Waals surface area contributed by atoms with E-state index in [1.807, 2.05) is 13.0 Å². The molecule has 0 amide bonds. The summed E-state index contributed by atoms with van der Waals surface area (Å²) in [6.07, 6.45) is 3.32. The molecule has 0 saturated carbocycles. The van der Waals surface area contributed by atoms with E-state index in [1.54, 1.807) is 12.5 Å². The lowest BCUT2D eigenvalue weighted by molar-refractivity contribution is 0.0971. The summed E-state index contributed by atoms with van der Waals surface area (Å²) in [5.41, 5.74) is 6.82. The summed E-state index contributed by atoms with van der Waals surface area (Å²) >= 11 is 0. The molecule has 1 heterocycles. The number of hydrogen-bond donors (Lipinski definition) is 1. The van der Waals surface area contributed by atoms with Gasteiger partial charge in [0.25, 0.3) is 0 Å². The molecule has 0 radical (unpaired) electrons. The average Bonchev–Trinajstić information content (AvgIpc) is 2.39. The van der Waals surface area contributed by atoms with E-state index in [1.165, 1.54) is 0 Å². The number of nitrogens with two attached hydrogens (primary N) is 1. The van der Waals surface area contributed by atoms with E-state index in [9.17, 15) is 0 Å². The van der Waals surface area contributed by atoms with Crippen LogP contribution in [0.25, 0.3) is 0 Å². The highest BCUT2D eigenvalue weighted by Crippen LogP contribution is 2.15. The second kappa shape index (κ2) is 8.11. The van der Waals surface area contributed by atoms with E-state index in [-0.39, 0.29) is 6.04 Å². The molecule has 0 aromatic carbocycles. The number of likely N-dealkylation sites (N-methyl/N-ethyl adjacent to an activating group) is 1. The van der Waals surface area contributed by atoms with Gasteiger partial charge in [0, 0.05) is 25.9 Å². The summed E-state index contributed by atoms with van der Waals surface area (Å²) in [4.78, 5) is 10.5. The summed E-state index contributed by atoms with van der Waals surface area (Å²) in [5.74, 6) is 0. The van der Waals surface area contributed by atoms with Crippen molar-refractivity contribution in [2.45, 2.75) is 19.9 Å². The highest BCUT2D eigenvalue weighted by Gasteiger charge is 2.18. The normalized spacial score (nSPS) is 12.9. The fraction of sp³-hybridized carbons (Fsp3) is 0.667. The number of rotatable bonds is 8. The van der Waals surface area contributed by atoms with Gasteiger partial charge in [-0.05, 0) is 19.5 Å². The molecule has 2 N–H and O–H groups in total. The number of hydrogen-bond acceptors (Lipinski definition) is 5. The lowest BCUT2D eigenvalue weighted by atomic mass is 10.1. The fourth-order valence-corrected chi connectivity index (χ4v) is 1.82. The minimum atomic E-state index is 0.142. The van der Waals surface area contributed by atoms with Crippen molar-refractivity contribution in [3.63, 3.8) is 0 Å². The Balaban J connectivity index is 2.63. The van der Waals surface area contributed by atoms with Gasteiger partial charge in [-0.2, -0.15) is 0 Å². The molecule has 1 unspecified atom stereocenters. The topological polar surface area (TPSA) is 64.3 Å². The second-order valence-electron chi connectivity index (χ2n) is 3.71. The summed E-state index contributed by atoms with van der Waals surface area (Å²) in [6, 6.07) is 2.06. The highest BCUT2D eigenvalue weighted by atomic mass is 16.5. The third-order valence-electron chi connectivity index (χ3n) is 2.74. The third-order valence-corrected chi connectivity index (χ3v) is 2.74. The Labute approximate surface area is 103 Å². The van der Waals surface area contributed by atoms with Crippen molar-refractivity contribution in [3.8, 4) is 0 Å². The van der Waals surface area contributed by atoms with E-state index >= 15 is 0 Å². The molecule has 0 bridgehead atoms. The standard InChI is InChI=1S/C12H22N4O/c1-3-16(7-8-17-4-2)12(9-13)11-5-6-14-10-15-11/h5-6,10,12H,3-4,7-9,13H2,1-2H3. The Kier molecular flexibility index (Phi) is 6.69. The van der Waals surface area contributed by atoms with Crippen LogP contribution in [0, 0.1) is 0 Å². The molecule has 5 heteroatoms. The van der Waals surface area contributed by atoms with Crippen molar-refractivity contribution in [2.24, 2.45) is 5.73 Å². The first-order valence-electron chi connectivity index (χ1n) is 6.11. The molecule has 0 saturated heterocycles. The van der Waals surface area contributed by atoms with Gasteiger partial charge in [-0.25, -0.2) is 9.97 Å². The molecule has 1 aromatic rings. The molecular formula is C12H22N4O. The third kappa shape index (κ3) is 4.38. The zero-order valence-corrected chi connectivity index (χ0v) is 10.7. The van der Waals surface area contributed by atoms with E-state index in [2.05, 4.69) is 21.8 Å². The first-order chi connectivity index (χ1) is 8.33. The smallest absolute Gasteiger partial charge is 0.115 e. The van der Waals surface area contributed by atoms with Crippen molar-refractivity contribution in [2.75, 3.05) is 32.8 Å². The van der Waals surface area contributed by atoms with Crippen molar-refractivity contribution in [1.82, 2.24) is 14.9 Å². The van der Waals surface area contributed by atoms with E-state index < -0.39 is 0 Å². The minimum absolute atomic E-state index is 0.142. The Morgan fingerprint density at radius 3 is 2.82 bits per heavy atom. The lowest BCUT2D eigenvalue weighted by Gasteiger charge is -2.29. The van der Waals surface area contributed by atoms with Crippen molar-refractivity contribution in [3.05, 3.63) is 24.3 Å². The molecule has 0 aliphatic carbocycles. The number of aromatic nitrogens is 2. The van der Waals surface area contributed by atoms with Gasteiger partial charge in [-0.15, -0.1) is 0 Å². The van der Waals surface area contributed by atoms with Gasteiger partial charge in [-0.3, -0.25) is 4.90 Å². The van der Waals surface area contributed by atoms with Crippen LogP contribution < -0.4 is 5.73 Å². The van der Waals surface area contributed by atoms with Crippen LogP contribution in [0.4, 0.5) is 0 Å². The first kappa shape index (κ1) is 14.0. The molecule has 17 heavy (non-hydrogen) atoms. The molecule has 1 rings (SSSR count). The predicted molar refractivity (Wildman–Crippen MR) is 67.6 cm³/mol. The molecule has 0 aliphatic heterocycles. The van der Waals surface area contributed by atoms with Crippen molar-refractivity contribution >= 4 is 0 Å². The molecule has 5 nitrogen and oxygen atoms in total. The van der Waals surface area contributed by atoms with Crippen LogP contribution in [0.2, 0.25) is 0 Å². The lowest BCUT2D eigenvalue weighted by Crippen LogP contribution is -2.36. The largest absolute Gasteiger partial charge is 0.380 e. The maximum atomic E-state index is 5.84. The van der Waals surface area contributed by atoms with E-state index in [0.29, 0.717) is 6.54 Å². The summed E-state index contributed by atoms with van der Waals surface area (Å²) in [6.45, 7) is 7.95. The molecule has 0 spiro atoms. The summed E-state index contributed by atoms with van der Waals surface area (Å²) < 4.78 is 5.38. The van der Waals surface area contributed by atoms with Gasteiger partial charge in [0.2, 0.25) is 0 Å². The van der Waals surface area contributed by atoms with Gasteiger partial charge in [0.15, 0.2) is 0 Å². The Bertz CT molecular complexity index is 294. The number of ether oxygens (including phenoxy) is 1. The van der Waals surface area contributed by atoms with Crippen LogP contribution in [-0.2, 0) is 4.74 Å². The maximum absolute atomic E-state index is 5.84. The Hall–Kier alpha value is -1.04. The van der Waals surface area contributed by atoms with Gasteiger partial charge >= 0.3 is 0 Å². The predicted octanol–water partition coefficient (Wildman–Crippen LogP) is 0.835. The Morgan fingerprint density at radius 1 is 1.47 bits per heavy atom. The van der Waals surface area contributed by atoms with Crippen LogP contribution in [0.15, 0.2) is 18.6 Å². The van der Waals surface area contributed by atoms with Crippen LogP contribution in [-0.4, -0.2) is 47.7 Å². The number of nitrogens with zero attached hydrogens (tertiary/aromatic N) is 3. The van der Waals surface area contributed by atoms with Crippen molar-refractivity contribution in [1.29, 1.82) is 0 Å². The average molecular weight is 238 g/mol. The second-order valence-corrected chi connectivity index (χ2v) is 3.71. The van der Waals surface area contributed by atoms with Gasteiger partial charge in [0.05, 0.1) is 18.3 Å². The van der Waals surface area contributed by atoms with Crippen LogP contribution >= 0.6 is 0 Å². The van der Waals surface area contributed by atoms with Crippen molar-refractivity contribution < 1.29 is 4.74 Å².